The van der Waals surface area contributed by atoms with E-state index in [1.807, 2.05) is 41.8 Å². The highest BCUT2D eigenvalue weighted by Crippen LogP contribution is 2.24. The van der Waals surface area contributed by atoms with Crippen LogP contribution in [0.25, 0.3) is 0 Å². The quantitative estimate of drug-likeness (QED) is 0.812. The fourth-order valence-electron chi connectivity index (χ4n) is 3.97. The van der Waals surface area contributed by atoms with Gasteiger partial charge >= 0.3 is 0 Å². The molecule has 0 radical (unpaired) electrons. The molecule has 30 heavy (non-hydrogen) atoms. The van der Waals surface area contributed by atoms with Crippen LogP contribution < -0.4 is 10.2 Å². The van der Waals surface area contributed by atoms with Gasteiger partial charge in [0.2, 0.25) is 5.91 Å². The van der Waals surface area contributed by atoms with E-state index in [1.165, 1.54) is 0 Å². The first-order valence-electron chi connectivity index (χ1n) is 10.4. The van der Waals surface area contributed by atoms with Crippen molar-refractivity contribution in [1.29, 1.82) is 0 Å². The molecule has 1 aromatic carbocycles. The number of aromatic nitrogens is 2. The van der Waals surface area contributed by atoms with Gasteiger partial charge in [0.05, 0.1) is 12.1 Å². The van der Waals surface area contributed by atoms with Crippen LogP contribution in [0.2, 0.25) is 0 Å². The van der Waals surface area contributed by atoms with E-state index in [2.05, 4.69) is 20.2 Å². The van der Waals surface area contributed by atoms with E-state index in [9.17, 15) is 9.59 Å². The molecule has 2 amide bonds. The molecule has 1 atom stereocenters. The number of nitrogens with zero attached hydrogens (tertiary/aromatic N) is 4. The Morgan fingerprint density at radius 3 is 2.73 bits per heavy atom. The van der Waals surface area contributed by atoms with E-state index in [4.69, 9.17) is 0 Å². The van der Waals surface area contributed by atoms with Crippen LogP contribution in [0.5, 0.6) is 0 Å². The summed E-state index contributed by atoms with van der Waals surface area (Å²) in [6.45, 7) is 5.04. The lowest BCUT2D eigenvalue weighted by Gasteiger charge is -2.32. The van der Waals surface area contributed by atoms with Crippen molar-refractivity contribution < 1.29 is 9.59 Å². The van der Waals surface area contributed by atoms with Crippen LogP contribution in [0.15, 0.2) is 36.8 Å². The smallest absolute Gasteiger partial charge is 0.253 e. The van der Waals surface area contributed by atoms with Crippen LogP contribution in [-0.4, -0.2) is 64.4 Å². The first-order valence-corrected chi connectivity index (χ1v) is 11.6. The number of amides is 2. The topological polar surface area (TPSA) is 78.4 Å². The minimum atomic E-state index is -0.104. The first-order chi connectivity index (χ1) is 14.6. The number of anilines is 2. The van der Waals surface area contributed by atoms with E-state index >= 15 is 0 Å². The number of piperidine rings is 1. The standard InChI is InChI=1S/C22H27N5O2S/c1-16-13-17(22(29)26-9-11-30-12-10-26)4-5-19(16)25-21(28)18-3-2-8-27(15-18)20-14-23-6-7-24-20/h4-7,13-14,18H,2-3,8-12,15H2,1H3,(H,25,28). The van der Waals surface area contributed by atoms with Crippen LogP contribution >= 0.6 is 11.8 Å². The summed E-state index contributed by atoms with van der Waals surface area (Å²) in [5, 5.41) is 3.07. The van der Waals surface area contributed by atoms with Gasteiger partial charge in [-0.2, -0.15) is 11.8 Å². The Kier molecular flexibility index (Phi) is 6.52. The number of carbonyl (C=O) groups is 2. The van der Waals surface area contributed by atoms with Gasteiger partial charge in [-0.05, 0) is 43.5 Å². The average Bonchev–Trinajstić information content (AvgIpc) is 2.81. The maximum atomic E-state index is 12.9. The zero-order valence-corrected chi connectivity index (χ0v) is 18.0. The number of thioether (sulfide) groups is 1. The van der Waals surface area contributed by atoms with Crippen molar-refractivity contribution in [1.82, 2.24) is 14.9 Å². The van der Waals surface area contributed by atoms with Gasteiger partial charge < -0.3 is 15.1 Å². The number of aryl methyl sites for hydroxylation is 1. The highest BCUT2D eigenvalue weighted by Gasteiger charge is 2.27. The Hall–Kier alpha value is -2.61. The fourth-order valence-corrected chi connectivity index (χ4v) is 4.88. The molecular formula is C22H27N5O2S. The minimum Gasteiger partial charge on any atom is -0.355 e. The molecule has 0 aliphatic carbocycles. The molecule has 2 aromatic rings. The second-order valence-corrected chi connectivity index (χ2v) is 9.00. The fraction of sp³-hybridized carbons (Fsp3) is 0.455. The largest absolute Gasteiger partial charge is 0.355 e. The molecule has 2 aliphatic heterocycles. The Labute approximate surface area is 181 Å². The Bertz CT molecular complexity index is 902. The molecule has 0 spiro atoms. The van der Waals surface area contributed by atoms with Crippen LogP contribution in [-0.2, 0) is 4.79 Å². The predicted molar refractivity (Wildman–Crippen MR) is 120 cm³/mol. The van der Waals surface area contributed by atoms with Crippen molar-refractivity contribution in [3.63, 3.8) is 0 Å². The van der Waals surface area contributed by atoms with Crippen molar-refractivity contribution in [3.8, 4) is 0 Å². The second kappa shape index (κ2) is 9.47. The van der Waals surface area contributed by atoms with Gasteiger partial charge in [-0.3, -0.25) is 14.6 Å². The zero-order valence-electron chi connectivity index (χ0n) is 17.2. The molecule has 2 fully saturated rings. The number of hydrogen-bond donors (Lipinski definition) is 1. The second-order valence-electron chi connectivity index (χ2n) is 7.77. The number of hydrogen-bond acceptors (Lipinski definition) is 6. The lowest BCUT2D eigenvalue weighted by atomic mass is 9.96. The van der Waals surface area contributed by atoms with Gasteiger partial charge in [0, 0.05) is 61.3 Å². The molecule has 0 bridgehead atoms. The van der Waals surface area contributed by atoms with Crippen LogP contribution in [0.3, 0.4) is 0 Å². The van der Waals surface area contributed by atoms with Crippen molar-refractivity contribution in [3.05, 3.63) is 47.9 Å². The molecule has 2 aliphatic rings. The monoisotopic (exact) mass is 425 g/mol. The van der Waals surface area contributed by atoms with Crippen molar-refractivity contribution in [2.24, 2.45) is 5.92 Å². The average molecular weight is 426 g/mol. The summed E-state index contributed by atoms with van der Waals surface area (Å²) in [5.74, 6) is 2.77. The molecule has 1 aromatic heterocycles. The third kappa shape index (κ3) is 4.75. The van der Waals surface area contributed by atoms with Gasteiger partial charge in [-0.1, -0.05) is 0 Å². The first kappa shape index (κ1) is 20.7. The highest BCUT2D eigenvalue weighted by molar-refractivity contribution is 7.99. The molecule has 8 heteroatoms. The SMILES string of the molecule is Cc1cc(C(=O)N2CCSCC2)ccc1NC(=O)C1CCCN(c2cnccn2)C1. The van der Waals surface area contributed by atoms with E-state index < -0.39 is 0 Å². The lowest BCUT2D eigenvalue weighted by molar-refractivity contribution is -0.120. The van der Waals surface area contributed by atoms with E-state index in [-0.39, 0.29) is 17.7 Å². The molecule has 7 nitrogen and oxygen atoms in total. The van der Waals surface area contributed by atoms with E-state index in [0.717, 1.165) is 61.1 Å². The third-order valence-electron chi connectivity index (χ3n) is 5.70. The summed E-state index contributed by atoms with van der Waals surface area (Å²) >= 11 is 1.88. The number of nitrogens with one attached hydrogen (secondary N) is 1. The lowest BCUT2D eigenvalue weighted by Crippen LogP contribution is -2.41. The molecule has 0 saturated carbocycles. The highest BCUT2D eigenvalue weighted by atomic mass is 32.2. The summed E-state index contributed by atoms with van der Waals surface area (Å²) in [4.78, 5) is 38.1. The Morgan fingerprint density at radius 1 is 1.17 bits per heavy atom. The molecule has 3 heterocycles. The summed E-state index contributed by atoms with van der Waals surface area (Å²) < 4.78 is 0. The summed E-state index contributed by atoms with van der Waals surface area (Å²) in [5.41, 5.74) is 2.36. The Balaban J connectivity index is 1.40. The van der Waals surface area contributed by atoms with Gasteiger partial charge in [0.15, 0.2) is 0 Å². The molecule has 1 N–H and O–H groups in total. The van der Waals surface area contributed by atoms with Crippen molar-refractivity contribution >= 4 is 35.1 Å². The molecule has 4 rings (SSSR count). The minimum absolute atomic E-state index is 0.0128. The van der Waals surface area contributed by atoms with E-state index in [0.29, 0.717) is 12.1 Å². The van der Waals surface area contributed by atoms with Gasteiger partial charge in [-0.25, -0.2) is 4.98 Å². The van der Waals surface area contributed by atoms with Crippen molar-refractivity contribution in [2.75, 3.05) is 47.9 Å². The Morgan fingerprint density at radius 2 is 2.00 bits per heavy atom. The maximum Gasteiger partial charge on any atom is 0.253 e. The predicted octanol–water partition coefficient (Wildman–Crippen LogP) is 2.83. The van der Waals surface area contributed by atoms with Crippen LogP contribution in [0.1, 0.15) is 28.8 Å². The normalized spacial score (nSPS) is 19.4. The molecule has 1 unspecified atom stereocenters. The molecule has 2 saturated heterocycles. The molecule has 158 valence electrons. The number of carbonyl (C=O) groups excluding carboxylic acids is 2. The summed E-state index contributed by atoms with van der Waals surface area (Å²) in [6, 6.07) is 5.55. The number of benzene rings is 1. The third-order valence-corrected chi connectivity index (χ3v) is 6.64. The zero-order chi connectivity index (χ0) is 20.9. The maximum absolute atomic E-state index is 12.9. The van der Waals surface area contributed by atoms with Gasteiger partial charge in [0.25, 0.3) is 5.91 Å². The van der Waals surface area contributed by atoms with Crippen LogP contribution in [0.4, 0.5) is 11.5 Å². The van der Waals surface area contributed by atoms with Crippen LogP contribution in [0, 0.1) is 12.8 Å². The van der Waals surface area contributed by atoms with E-state index in [1.54, 1.807) is 18.6 Å². The van der Waals surface area contributed by atoms with Gasteiger partial charge in [-0.15, -0.1) is 0 Å². The van der Waals surface area contributed by atoms with Crippen molar-refractivity contribution in [2.45, 2.75) is 19.8 Å². The number of rotatable bonds is 4. The summed E-state index contributed by atoms with van der Waals surface area (Å²) in [7, 11) is 0. The molecular weight excluding hydrogens is 398 g/mol. The van der Waals surface area contributed by atoms with Gasteiger partial charge in [0.1, 0.15) is 5.82 Å². The summed E-state index contributed by atoms with van der Waals surface area (Å²) in [6.07, 6.45) is 6.86.